The van der Waals surface area contributed by atoms with E-state index >= 15 is 0 Å². The van der Waals surface area contributed by atoms with Crippen molar-refractivity contribution in [2.24, 2.45) is 0 Å². The zero-order valence-corrected chi connectivity index (χ0v) is 9.72. The molecule has 82 valence electrons. The van der Waals surface area contributed by atoms with Crippen molar-refractivity contribution in [3.05, 3.63) is 35.4 Å². The minimum absolute atomic E-state index is 0. The van der Waals surface area contributed by atoms with Crippen LogP contribution >= 0.6 is 12.4 Å². The summed E-state index contributed by atoms with van der Waals surface area (Å²) in [6.07, 6.45) is 3.82. The Morgan fingerprint density at radius 1 is 1.33 bits per heavy atom. The fraction of sp³-hybridized carbons (Fsp3) is 0.333. The zero-order valence-electron chi connectivity index (χ0n) is 8.90. The van der Waals surface area contributed by atoms with Crippen molar-refractivity contribution in [3.8, 4) is 0 Å². The molecule has 2 rings (SSSR count). The van der Waals surface area contributed by atoms with Crippen molar-refractivity contribution >= 4 is 24.2 Å². The highest BCUT2D eigenvalue weighted by Crippen LogP contribution is 2.29. The Morgan fingerprint density at radius 3 is 2.73 bits per heavy atom. The van der Waals surface area contributed by atoms with E-state index in [2.05, 4.69) is 19.9 Å². The van der Waals surface area contributed by atoms with E-state index in [9.17, 15) is 4.48 Å². The van der Waals surface area contributed by atoms with Gasteiger partial charge in [-0.3, -0.25) is 0 Å². The van der Waals surface area contributed by atoms with Crippen molar-refractivity contribution in [1.29, 1.82) is 0 Å². The number of hydrogen-bond acceptors (Lipinski definition) is 1. The van der Waals surface area contributed by atoms with E-state index in [1.807, 2.05) is 24.3 Å². The van der Waals surface area contributed by atoms with Gasteiger partial charge in [0.05, 0.1) is 12.2 Å². The van der Waals surface area contributed by atoms with E-state index < -0.39 is 0 Å². The van der Waals surface area contributed by atoms with Gasteiger partial charge in [-0.1, -0.05) is 36.5 Å². The fourth-order valence-electron chi connectivity index (χ4n) is 1.66. The van der Waals surface area contributed by atoms with E-state index in [4.69, 9.17) is 0 Å². The van der Waals surface area contributed by atoms with Crippen LogP contribution in [0.4, 0.5) is 10.2 Å². The van der Waals surface area contributed by atoms with Crippen LogP contribution in [0.1, 0.15) is 30.9 Å². The van der Waals surface area contributed by atoms with E-state index in [0.717, 1.165) is 10.7 Å². The molecule has 0 N–H and O–H groups in total. The average Bonchev–Trinajstić information content (AvgIpc) is 2.17. The number of anilines is 1. The molecule has 0 aliphatic carbocycles. The van der Waals surface area contributed by atoms with Crippen molar-refractivity contribution < 1.29 is 4.48 Å². The van der Waals surface area contributed by atoms with Crippen molar-refractivity contribution in [3.63, 3.8) is 0 Å². The van der Waals surface area contributed by atoms with Gasteiger partial charge < -0.3 is 0 Å². The molecular formula is C12H15ClFN. The summed E-state index contributed by atoms with van der Waals surface area (Å²) in [5.41, 5.74) is 2.91. The van der Waals surface area contributed by atoms with Gasteiger partial charge in [0.15, 0.2) is 0 Å². The van der Waals surface area contributed by atoms with Crippen LogP contribution < -0.4 is 5.12 Å². The average molecular weight is 228 g/mol. The minimum atomic E-state index is 0. The molecule has 0 saturated heterocycles. The second-order valence-corrected chi connectivity index (χ2v) is 3.92. The highest BCUT2D eigenvalue weighted by molar-refractivity contribution is 5.85. The summed E-state index contributed by atoms with van der Waals surface area (Å²) in [5, 5.41) is 0.777. The predicted octanol–water partition coefficient (Wildman–Crippen LogP) is 3.95. The molecule has 1 aromatic rings. The number of benzene rings is 1. The molecule has 0 aromatic heterocycles. The second-order valence-electron chi connectivity index (χ2n) is 3.92. The normalized spacial score (nSPS) is 13.7. The topological polar surface area (TPSA) is 3.24 Å². The second kappa shape index (κ2) is 4.67. The van der Waals surface area contributed by atoms with Gasteiger partial charge in [0.1, 0.15) is 0 Å². The standard InChI is InChI=1S/C12H14FN.ClH/c1-9(2)10-5-6-12-11(8-10)4-3-7-14(12)13;/h3-6,8-9H,7H2,1-2H3;1H. The molecule has 0 unspecified atom stereocenters. The molecule has 0 spiro atoms. The molecule has 1 nitrogen and oxygen atoms in total. The summed E-state index contributed by atoms with van der Waals surface area (Å²) < 4.78 is 13.3. The Morgan fingerprint density at radius 2 is 2.07 bits per heavy atom. The summed E-state index contributed by atoms with van der Waals surface area (Å²) in [5.74, 6) is 0.490. The first-order valence-corrected chi connectivity index (χ1v) is 4.92. The highest BCUT2D eigenvalue weighted by atomic mass is 35.5. The highest BCUT2D eigenvalue weighted by Gasteiger charge is 2.13. The Kier molecular flexibility index (Phi) is 3.75. The lowest BCUT2D eigenvalue weighted by atomic mass is 9.98. The number of rotatable bonds is 1. The summed E-state index contributed by atoms with van der Waals surface area (Å²) >= 11 is 0. The summed E-state index contributed by atoms with van der Waals surface area (Å²) in [6.45, 7) is 4.64. The Balaban J connectivity index is 0.00000112. The third-order valence-corrected chi connectivity index (χ3v) is 2.54. The van der Waals surface area contributed by atoms with Gasteiger partial charge in [-0.25, -0.2) is 5.12 Å². The maximum Gasteiger partial charge on any atom is 0.0763 e. The molecule has 0 amide bonds. The lowest BCUT2D eigenvalue weighted by molar-refractivity contribution is 0.453. The van der Waals surface area contributed by atoms with Gasteiger partial charge in [-0.2, -0.15) is 0 Å². The first-order valence-electron chi connectivity index (χ1n) is 4.92. The molecule has 0 radical (unpaired) electrons. The lowest BCUT2D eigenvalue weighted by Gasteiger charge is -2.20. The third kappa shape index (κ3) is 2.32. The van der Waals surface area contributed by atoms with Gasteiger partial charge in [0.2, 0.25) is 0 Å². The molecule has 1 aromatic carbocycles. The van der Waals surface area contributed by atoms with Gasteiger partial charge in [-0.15, -0.1) is 12.4 Å². The summed E-state index contributed by atoms with van der Waals surface area (Å²) in [7, 11) is 0. The minimum Gasteiger partial charge on any atom is -0.207 e. The monoisotopic (exact) mass is 227 g/mol. The van der Waals surface area contributed by atoms with Crippen molar-refractivity contribution in [2.75, 3.05) is 11.7 Å². The van der Waals surface area contributed by atoms with Gasteiger partial charge in [0.25, 0.3) is 0 Å². The van der Waals surface area contributed by atoms with E-state index in [1.54, 1.807) is 0 Å². The van der Waals surface area contributed by atoms with Crippen LogP contribution in [0.25, 0.3) is 6.08 Å². The van der Waals surface area contributed by atoms with Crippen LogP contribution in [0.2, 0.25) is 0 Å². The zero-order chi connectivity index (χ0) is 10.1. The first-order chi connectivity index (χ1) is 6.68. The number of hydrogen-bond donors (Lipinski definition) is 0. The van der Waals surface area contributed by atoms with Crippen molar-refractivity contribution in [1.82, 2.24) is 0 Å². The molecule has 3 heteroatoms. The van der Waals surface area contributed by atoms with Gasteiger partial charge >= 0.3 is 0 Å². The quantitative estimate of drug-likeness (QED) is 0.657. The third-order valence-electron chi connectivity index (χ3n) is 2.54. The molecule has 1 aliphatic rings. The maximum absolute atomic E-state index is 13.3. The molecule has 0 atom stereocenters. The molecule has 1 aliphatic heterocycles. The molecule has 0 fully saturated rings. The molecule has 0 bridgehead atoms. The molecular weight excluding hydrogens is 213 g/mol. The van der Waals surface area contributed by atoms with Crippen LogP contribution in [0.15, 0.2) is 24.3 Å². The summed E-state index contributed by atoms with van der Waals surface area (Å²) in [4.78, 5) is 0. The van der Waals surface area contributed by atoms with E-state index in [-0.39, 0.29) is 12.4 Å². The fourth-order valence-corrected chi connectivity index (χ4v) is 1.66. The SMILES string of the molecule is CC(C)c1ccc2c(c1)C=CCN2F.Cl. The largest absolute Gasteiger partial charge is 0.207 e. The Hall–Kier alpha value is -1.02. The van der Waals surface area contributed by atoms with Crippen LogP contribution in [-0.4, -0.2) is 6.54 Å². The lowest BCUT2D eigenvalue weighted by Crippen LogP contribution is -2.15. The first kappa shape index (κ1) is 12.1. The van der Waals surface area contributed by atoms with E-state index in [0.29, 0.717) is 18.2 Å². The Bertz CT molecular complexity index is 374. The number of halogens is 2. The number of nitrogens with zero attached hydrogens (tertiary/aromatic N) is 1. The Labute approximate surface area is 95.9 Å². The summed E-state index contributed by atoms with van der Waals surface area (Å²) in [6, 6.07) is 5.91. The van der Waals surface area contributed by atoms with Crippen LogP contribution in [0.3, 0.4) is 0 Å². The molecule has 1 heterocycles. The predicted molar refractivity (Wildman–Crippen MR) is 65.3 cm³/mol. The van der Waals surface area contributed by atoms with Crippen LogP contribution in [-0.2, 0) is 0 Å². The molecule has 0 saturated carbocycles. The smallest absolute Gasteiger partial charge is 0.0763 e. The van der Waals surface area contributed by atoms with Gasteiger partial charge in [0, 0.05) is 5.56 Å². The van der Waals surface area contributed by atoms with Crippen molar-refractivity contribution in [2.45, 2.75) is 19.8 Å². The van der Waals surface area contributed by atoms with Crippen LogP contribution in [0.5, 0.6) is 0 Å². The maximum atomic E-state index is 13.3. The van der Waals surface area contributed by atoms with E-state index in [1.165, 1.54) is 5.56 Å². The van der Waals surface area contributed by atoms with Gasteiger partial charge in [-0.05, 0) is 23.6 Å². The van der Waals surface area contributed by atoms with Crippen LogP contribution in [0, 0.1) is 0 Å². The number of fused-ring (bicyclic) bond motifs is 1. The molecule has 15 heavy (non-hydrogen) atoms.